The van der Waals surface area contributed by atoms with Gasteiger partial charge in [-0.05, 0) is 63.8 Å². The fourth-order valence-electron chi connectivity index (χ4n) is 4.01. The van der Waals surface area contributed by atoms with Gasteiger partial charge in [-0.25, -0.2) is 9.59 Å². The molecular formula is C20H28N2O5S. The maximum atomic E-state index is 12.6. The molecule has 1 aliphatic carbocycles. The van der Waals surface area contributed by atoms with Crippen LogP contribution in [0.5, 0.6) is 0 Å². The van der Waals surface area contributed by atoms with Gasteiger partial charge in [0.15, 0.2) is 0 Å². The summed E-state index contributed by atoms with van der Waals surface area (Å²) < 4.78 is 10.2. The maximum Gasteiger partial charge on any atom is 0.408 e. The van der Waals surface area contributed by atoms with Crippen LogP contribution < -0.4 is 5.32 Å². The number of hydrogen-bond acceptors (Lipinski definition) is 6. The highest BCUT2D eigenvalue weighted by Crippen LogP contribution is 2.36. The maximum absolute atomic E-state index is 12.6. The van der Waals surface area contributed by atoms with Gasteiger partial charge in [0.05, 0.1) is 19.2 Å². The molecule has 0 spiro atoms. The van der Waals surface area contributed by atoms with E-state index in [2.05, 4.69) is 5.32 Å². The first kappa shape index (κ1) is 20.6. The molecule has 1 atom stereocenters. The molecule has 2 aliphatic rings. The second kappa shape index (κ2) is 8.11. The molecule has 0 aromatic carbocycles. The van der Waals surface area contributed by atoms with Crippen LogP contribution in [0, 0.1) is 5.92 Å². The van der Waals surface area contributed by atoms with E-state index in [1.165, 1.54) is 7.11 Å². The first-order valence-corrected chi connectivity index (χ1v) is 10.5. The molecule has 1 N–H and O–H groups in total. The van der Waals surface area contributed by atoms with Crippen LogP contribution in [-0.2, 0) is 20.8 Å². The van der Waals surface area contributed by atoms with Gasteiger partial charge in [0.25, 0.3) is 5.91 Å². The van der Waals surface area contributed by atoms with E-state index in [1.54, 1.807) is 32.1 Å². The molecule has 28 heavy (non-hydrogen) atoms. The Hall–Kier alpha value is -2.09. The molecule has 154 valence electrons. The lowest BCUT2D eigenvalue weighted by atomic mass is 9.81. The summed E-state index contributed by atoms with van der Waals surface area (Å²) in [6, 6.07) is 1.33. The molecule has 1 aliphatic heterocycles. The second-order valence-electron chi connectivity index (χ2n) is 8.41. The molecule has 8 heteroatoms. The van der Waals surface area contributed by atoms with Crippen LogP contribution in [0.4, 0.5) is 4.79 Å². The van der Waals surface area contributed by atoms with Crippen molar-refractivity contribution in [1.29, 1.82) is 0 Å². The van der Waals surface area contributed by atoms with Gasteiger partial charge in [-0.1, -0.05) is 0 Å². The lowest BCUT2D eigenvalue weighted by Gasteiger charge is -2.37. The van der Waals surface area contributed by atoms with Crippen molar-refractivity contribution in [2.75, 3.05) is 7.11 Å². The Labute approximate surface area is 169 Å². The average molecular weight is 409 g/mol. The highest BCUT2D eigenvalue weighted by molar-refractivity contribution is 7.10. The standard InChI is InChI=1S/C20H28N2O5S/c1-20(2,3)27-19(25)21-16(18(24)26-4)12-5-7-13(8-6-12)22-11-15-14(17(22)23)9-10-28-15/h9-10,12-13,16H,5-8,11H2,1-4H3,(H,21,25)/t12?,13?,16-/m0/s1. The van der Waals surface area contributed by atoms with E-state index in [1.807, 2.05) is 16.3 Å². The Bertz CT molecular complexity index is 746. The van der Waals surface area contributed by atoms with E-state index < -0.39 is 23.7 Å². The van der Waals surface area contributed by atoms with Gasteiger partial charge in [0.1, 0.15) is 11.6 Å². The Balaban J connectivity index is 1.59. The van der Waals surface area contributed by atoms with Gasteiger partial charge in [-0.3, -0.25) is 4.79 Å². The van der Waals surface area contributed by atoms with Gasteiger partial charge in [-0.2, -0.15) is 0 Å². The van der Waals surface area contributed by atoms with Crippen LogP contribution in [-0.4, -0.2) is 47.7 Å². The number of thiophene rings is 1. The molecule has 1 aromatic rings. The number of ether oxygens (including phenoxy) is 2. The van der Waals surface area contributed by atoms with Crippen molar-refractivity contribution in [1.82, 2.24) is 10.2 Å². The van der Waals surface area contributed by atoms with E-state index in [4.69, 9.17) is 9.47 Å². The number of methoxy groups -OCH3 is 1. The molecule has 0 unspecified atom stereocenters. The third-order valence-corrected chi connectivity index (χ3v) is 6.24. The number of amides is 2. The fourth-order valence-corrected chi connectivity index (χ4v) is 4.87. The zero-order valence-electron chi connectivity index (χ0n) is 16.8. The molecule has 0 radical (unpaired) electrons. The van der Waals surface area contributed by atoms with Crippen molar-refractivity contribution in [3.63, 3.8) is 0 Å². The van der Waals surface area contributed by atoms with Crippen molar-refractivity contribution in [3.05, 3.63) is 21.9 Å². The summed E-state index contributed by atoms with van der Waals surface area (Å²) in [5.41, 5.74) is 0.185. The minimum Gasteiger partial charge on any atom is -0.467 e. The second-order valence-corrected chi connectivity index (χ2v) is 9.41. The molecule has 2 heterocycles. The first-order chi connectivity index (χ1) is 13.2. The molecule has 0 bridgehead atoms. The van der Waals surface area contributed by atoms with E-state index >= 15 is 0 Å². The Morgan fingerprint density at radius 2 is 1.93 bits per heavy atom. The summed E-state index contributed by atoms with van der Waals surface area (Å²) in [7, 11) is 1.32. The Morgan fingerprint density at radius 3 is 2.50 bits per heavy atom. The topological polar surface area (TPSA) is 84.9 Å². The lowest BCUT2D eigenvalue weighted by Crippen LogP contribution is -2.50. The minimum atomic E-state index is -0.739. The molecule has 3 rings (SSSR count). The third kappa shape index (κ3) is 4.48. The van der Waals surface area contributed by atoms with Gasteiger partial charge < -0.3 is 19.7 Å². The smallest absolute Gasteiger partial charge is 0.408 e. The van der Waals surface area contributed by atoms with Gasteiger partial charge in [0.2, 0.25) is 0 Å². The number of carbonyl (C=O) groups is 3. The number of fused-ring (bicyclic) bond motifs is 1. The number of hydrogen-bond donors (Lipinski definition) is 1. The molecular weight excluding hydrogens is 380 g/mol. The van der Waals surface area contributed by atoms with Gasteiger partial charge in [0, 0.05) is 10.9 Å². The summed E-state index contributed by atoms with van der Waals surface area (Å²) in [5.74, 6) is -0.396. The SMILES string of the molecule is COC(=O)[C@@H](NC(=O)OC(C)(C)C)C1CCC(N2Cc3sccc3C2=O)CC1. The monoisotopic (exact) mass is 408 g/mol. The molecule has 1 fully saturated rings. The number of rotatable bonds is 4. The number of alkyl carbamates (subject to hydrolysis) is 1. The Kier molecular flexibility index (Phi) is 5.98. The molecule has 1 aromatic heterocycles. The van der Waals surface area contributed by atoms with Gasteiger partial charge in [-0.15, -0.1) is 11.3 Å². The number of carbonyl (C=O) groups excluding carboxylic acids is 3. The van der Waals surface area contributed by atoms with Crippen LogP contribution in [0.25, 0.3) is 0 Å². The normalized spacial score (nSPS) is 23.1. The van der Waals surface area contributed by atoms with E-state index in [-0.39, 0.29) is 17.9 Å². The summed E-state index contributed by atoms with van der Waals surface area (Å²) in [4.78, 5) is 40.1. The zero-order chi connectivity index (χ0) is 20.5. The largest absolute Gasteiger partial charge is 0.467 e. The van der Waals surface area contributed by atoms with Crippen LogP contribution in [0.1, 0.15) is 61.7 Å². The number of nitrogens with one attached hydrogen (secondary N) is 1. The summed E-state index contributed by atoms with van der Waals surface area (Å²) in [5, 5.41) is 4.64. The predicted octanol–water partition coefficient (Wildman–Crippen LogP) is 3.33. The number of esters is 1. The summed E-state index contributed by atoms with van der Waals surface area (Å²) in [6.07, 6.45) is 2.45. The van der Waals surface area contributed by atoms with Crippen molar-refractivity contribution >= 4 is 29.3 Å². The molecule has 7 nitrogen and oxygen atoms in total. The molecule has 1 saturated carbocycles. The zero-order valence-corrected chi connectivity index (χ0v) is 17.6. The predicted molar refractivity (Wildman–Crippen MR) is 105 cm³/mol. The summed E-state index contributed by atoms with van der Waals surface area (Å²) >= 11 is 1.62. The molecule has 2 amide bonds. The molecule has 0 saturated heterocycles. The van der Waals surface area contributed by atoms with E-state index in [0.29, 0.717) is 6.54 Å². The first-order valence-electron chi connectivity index (χ1n) is 9.64. The quantitative estimate of drug-likeness (QED) is 0.773. The summed E-state index contributed by atoms with van der Waals surface area (Å²) in [6.45, 7) is 6.00. The van der Waals surface area contributed by atoms with E-state index in [9.17, 15) is 14.4 Å². The highest BCUT2D eigenvalue weighted by Gasteiger charge is 2.39. The van der Waals surface area contributed by atoms with E-state index in [0.717, 1.165) is 36.1 Å². The minimum absolute atomic E-state index is 0.0389. The van der Waals surface area contributed by atoms with Crippen molar-refractivity contribution in [2.24, 2.45) is 5.92 Å². The van der Waals surface area contributed by atoms with Crippen LogP contribution in [0.3, 0.4) is 0 Å². The highest BCUT2D eigenvalue weighted by atomic mass is 32.1. The van der Waals surface area contributed by atoms with Crippen LogP contribution in [0.2, 0.25) is 0 Å². The Morgan fingerprint density at radius 1 is 1.25 bits per heavy atom. The van der Waals surface area contributed by atoms with Crippen molar-refractivity contribution < 1.29 is 23.9 Å². The van der Waals surface area contributed by atoms with Crippen molar-refractivity contribution in [2.45, 2.75) is 70.7 Å². The van der Waals surface area contributed by atoms with Gasteiger partial charge >= 0.3 is 12.1 Å². The fraction of sp³-hybridized carbons (Fsp3) is 0.650. The average Bonchev–Trinajstić information content (AvgIpc) is 3.21. The number of nitrogens with zero attached hydrogens (tertiary/aromatic N) is 1. The lowest BCUT2D eigenvalue weighted by molar-refractivity contribution is -0.145. The van der Waals surface area contributed by atoms with Crippen molar-refractivity contribution in [3.8, 4) is 0 Å². The van der Waals surface area contributed by atoms with Crippen LogP contribution >= 0.6 is 11.3 Å². The van der Waals surface area contributed by atoms with Crippen LogP contribution in [0.15, 0.2) is 11.4 Å². The third-order valence-electron chi connectivity index (χ3n) is 5.33.